The van der Waals surface area contributed by atoms with Crippen LogP contribution < -0.4 is 15.2 Å². The highest BCUT2D eigenvalue weighted by atomic mass is 32.2. The molecule has 1 heterocycles. The molecule has 3 nitrogen and oxygen atoms in total. The molecule has 1 atom stereocenters. The van der Waals surface area contributed by atoms with Crippen molar-refractivity contribution < 1.29 is 9.47 Å². The standard InChI is InChI=1S/C17H19NO2S/c1-12-3-2-4-13(9-12)17(11-18)21-14-5-6-15-16(10-14)20-8-7-19-15/h2-6,9-10,17H,7-8,11,18H2,1H3. The van der Waals surface area contributed by atoms with Gasteiger partial charge in [0.15, 0.2) is 11.5 Å². The van der Waals surface area contributed by atoms with Gasteiger partial charge in [-0.3, -0.25) is 0 Å². The van der Waals surface area contributed by atoms with Crippen molar-refractivity contribution in [1.82, 2.24) is 0 Å². The van der Waals surface area contributed by atoms with E-state index in [0.29, 0.717) is 19.8 Å². The van der Waals surface area contributed by atoms with Gasteiger partial charge in [0.2, 0.25) is 0 Å². The molecule has 2 N–H and O–H groups in total. The van der Waals surface area contributed by atoms with Gasteiger partial charge in [0.05, 0.1) is 0 Å². The maximum Gasteiger partial charge on any atom is 0.162 e. The van der Waals surface area contributed by atoms with E-state index in [1.54, 1.807) is 11.8 Å². The number of rotatable bonds is 4. The molecular weight excluding hydrogens is 282 g/mol. The lowest BCUT2D eigenvalue weighted by Gasteiger charge is -2.20. The summed E-state index contributed by atoms with van der Waals surface area (Å²) >= 11 is 1.76. The first-order valence-corrected chi connectivity index (χ1v) is 7.97. The average Bonchev–Trinajstić information content (AvgIpc) is 2.52. The van der Waals surface area contributed by atoms with E-state index in [1.807, 2.05) is 12.1 Å². The summed E-state index contributed by atoms with van der Waals surface area (Å²) in [6, 6.07) is 14.6. The quantitative estimate of drug-likeness (QED) is 0.877. The Morgan fingerprint density at radius 1 is 1.10 bits per heavy atom. The Hall–Kier alpha value is -1.65. The van der Waals surface area contributed by atoms with Gasteiger partial charge < -0.3 is 15.2 Å². The maximum absolute atomic E-state index is 5.96. The average molecular weight is 301 g/mol. The summed E-state index contributed by atoms with van der Waals surface area (Å²) in [6.07, 6.45) is 0. The molecule has 110 valence electrons. The smallest absolute Gasteiger partial charge is 0.162 e. The van der Waals surface area contributed by atoms with E-state index < -0.39 is 0 Å². The zero-order chi connectivity index (χ0) is 14.7. The molecule has 0 saturated carbocycles. The van der Waals surface area contributed by atoms with Crippen molar-refractivity contribution >= 4 is 11.8 Å². The van der Waals surface area contributed by atoms with Gasteiger partial charge in [-0.25, -0.2) is 0 Å². The fourth-order valence-electron chi connectivity index (χ4n) is 2.38. The first-order chi connectivity index (χ1) is 10.3. The summed E-state index contributed by atoms with van der Waals surface area (Å²) in [4.78, 5) is 1.15. The van der Waals surface area contributed by atoms with Crippen molar-refractivity contribution in [2.24, 2.45) is 5.73 Å². The third kappa shape index (κ3) is 3.34. The Morgan fingerprint density at radius 3 is 2.67 bits per heavy atom. The van der Waals surface area contributed by atoms with Crippen molar-refractivity contribution in [2.75, 3.05) is 19.8 Å². The molecule has 2 aromatic rings. The van der Waals surface area contributed by atoms with Crippen LogP contribution in [0.2, 0.25) is 0 Å². The van der Waals surface area contributed by atoms with Gasteiger partial charge >= 0.3 is 0 Å². The van der Waals surface area contributed by atoms with Crippen LogP contribution in [0, 0.1) is 6.92 Å². The van der Waals surface area contributed by atoms with Crippen LogP contribution in [0.25, 0.3) is 0 Å². The van der Waals surface area contributed by atoms with Gasteiger partial charge in [0, 0.05) is 16.7 Å². The molecule has 4 heteroatoms. The molecule has 1 unspecified atom stereocenters. The molecule has 21 heavy (non-hydrogen) atoms. The molecule has 1 aliphatic heterocycles. The second-order valence-electron chi connectivity index (χ2n) is 5.06. The molecule has 0 radical (unpaired) electrons. The van der Waals surface area contributed by atoms with E-state index in [-0.39, 0.29) is 5.25 Å². The highest BCUT2D eigenvalue weighted by Crippen LogP contribution is 2.39. The Kier molecular flexibility index (Phi) is 4.36. The van der Waals surface area contributed by atoms with Gasteiger partial charge in [0.1, 0.15) is 13.2 Å². The van der Waals surface area contributed by atoms with Crippen LogP contribution in [-0.4, -0.2) is 19.8 Å². The van der Waals surface area contributed by atoms with Gasteiger partial charge in [0.25, 0.3) is 0 Å². The van der Waals surface area contributed by atoms with E-state index in [0.717, 1.165) is 16.4 Å². The van der Waals surface area contributed by atoms with Gasteiger partial charge in [-0.1, -0.05) is 29.8 Å². The second kappa shape index (κ2) is 6.41. The van der Waals surface area contributed by atoms with E-state index in [2.05, 4.69) is 37.3 Å². The minimum absolute atomic E-state index is 0.243. The Morgan fingerprint density at radius 2 is 1.90 bits per heavy atom. The van der Waals surface area contributed by atoms with Crippen LogP contribution in [0.5, 0.6) is 11.5 Å². The largest absolute Gasteiger partial charge is 0.486 e. The topological polar surface area (TPSA) is 44.5 Å². The number of ether oxygens (including phenoxy) is 2. The number of fused-ring (bicyclic) bond motifs is 1. The predicted octanol–water partition coefficient (Wildman–Crippen LogP) is 3.56. The minimum Gasteiger partial charge on any atom is -0.486 e. The molecule has 0 spiro atoms. The first kappa shape index (κ1) is 14.3. The summed E-state index contributed by atoms with van der Waals surface area (Å²) in [5.74, 6) is 1.65. The lowest BCUT2D eigenvalue weighted by atomic mass is 10.1. The van der Waals surface area contributed by atoms with Crippen molar-refractivity contribution in [3.63, 3.8) is 0 Å². The molecule has 2 aromatic carbocycles. The van der Waals surface area contributed by atoms with E-state index >= 15 is 0 Å². The highest BCUT2D eigenvalue weighted by molar-refractivity contribution is 7.99. The molecule has 0 bridgehead atoms. The summed E-state index contributed by atoms with van der Waals surface area (Å²) in [7, 11) is 0. The number of benzene rings is 2. The molecule has 0 fully saturated rings. The van der Waals surface area contributed by atoms with Crippen LogP contribution in [0.1, 0.15) is 16.4 Å². The molecular formula is C17H19NO2S. The summed E-state index contributed by atoms with van der Waals surface area (Å²) in [6.45, 7) is 3.93. The van der Waals surface area contributed by atoms with Gasteiger partial charge in [-0.05, 0) is 30.7 Å². The highest BCUT2D eigenvalue weighted by Gasteiger charge is 2.15. The third-order valence-corrected chi connectivity index (χ3v) is 4.70. The van der Waals surface area contributed by atoms with Crippen LogP contribution in [0.15, 0.2) is 47.4 Å². The van der Waals surface area contributed by atoms with Crippen LogP contribution in [-0.2, 0) is 0 Å². The number of aryl methyl sites for hydroxylation is 1. The molecule has 0 amide bonds. The molecule has 1 aliphatic rings. The van der Waals surface area contributed by atoms with Crippen molar-refractivity contribution in [3.05, 3.63) is 53.6 Å². The Labute approximate surface area is 129 Å². The zero-order valence-electron chi connectivity index (χ0n) is 12.0. The van der Waals surface area contributed by atoms with Crippen molar-refractivity contribution in [1.29, 1.82) is 0 Å². The molecule has 3 rings (SSSR count). The van der Waals surface area contributed by atoms with E-state index in [1.165, 1.54) is 11.1 Å². The minimum atomic E-state index is 0.243. The maximum atomic E-state index is 5.96. The Bertz CT molecular complexity index is 630. The number of hydrogen-bond donors (Lipinski definition) is 1. The Balaban J connectivity index is 1.81. The van der Waals surface area contributed by atoms with Gasteiger partial charge in [-0.15, -0.1) is 11.8 Å². The summed E-state index contributed by atoms with van der Waals surface area (Å²) in [5.41, 5.74) is 8.48. The van der Waals surface area contributed by atoms with Gasteiger partial charge in [-0.2, -0.15) is 0 Å². The number of thioether (sulfide) groups is 1. The summed E-state index contributed by atoms with van der Waals surface area (Å²) < 4.78 is 11.2. The second-order valence-corrected chi connectivity index (χ2v) is 6.34. The van der Waals surface area contributed by atoms with Crippen LogP contribution >= 0.6 is 11.8 Å². The fraction of sp³-hybridized carbons (Fsp3) is 0.294. The van der Waals surface area contributed by atoms with E-state index in [4.69, 9.17) is 15.2 Å². The third-order valence-electron chi connectivity index (χ3n) is 3.42. The molecule has 0 aromatic heterocycles. The zero-order valence-corrected chi connectivity index (χ0v) is 12.9. The molecule has 0 saturated heterocycles. The molecule has 0 aliphatic carbocycles. The van der Waals surface area contributed by atoms with Crippen LogP contribution in [0.4, 0.5) is 0 Å². The lowest BCUT2D eigenvalue weighted by molar-refractivity contribution is 0.171. The van der Waals surface area contributed by atoms with Crippen molar-refractivity contribution in [2.45, 2.75) is 17.1 Å². The van der Waals surface area contributed by atoms with Crippen LogP contribution in [0.3, 0.4) is 0 Å². The monoisotopic (exact) mass is 301 g/mol. The lowest BCUT2D eigenvalue weighted by Crippen LogP contribution is -2.15. The predicted molar refractivity (Wildman–Crippen MR) is 86.3 cm³/mol. The number of hydrogen-bond acceptors (Lipinski definition) is 4. The van der Waals surface area contributed by atoms with Crippen molar-refractivity contribution in [3.8, 4) is 11.5 Å². The normalized spacial score (nSPS) is 14.8. The SMILES string of the molecule is Cc1cccc(C(CN)Sc2ccc3c(c2)OCCO3)c1. The fourth-order valence-corrected chi connectivity index (χ4v) is 3.41. The summed E-state index contributed by atoms with van der Waals surface area (Å²) in [5, 5.41) is 0.243. The van der Waals surface area contributed by atoms with E-state index in [9.17, 15) is 0 Å². The first-order valence-electron chi connectivity index (χ1n) is 7.09. The number of nitrogens with two attached hydrogens (primary N) is 1.